The van der Waals surface area contributed by atoms with Crippen LogP contribution in [-0.4, -0.2) is 23.1 Å². The van der Waals surface area contributed by atoms with Crippen LogP contribution in [0.3, 0.4) is 0 Å². The van der Waals surface area contributed by atoms with Crippen molar-refractivity contribution < 1.29 is 4.79 Å². The number of rotatable bonds is 2. The molecule has 27 heavy (non-hydrogen) atoms. The largest absolute Gasteiger partial charge is 0.324 e. The van der Waals surface area contributed by atoms with Crippen LogP contribution >= 0.6 is 0 Å². The first-order valence-electron chi connectivity index (χ1n) is 11.1. The van der Waals surface area contributed by atoms with Gasteiger partial charge in [-0.2, -0.15) is 0 Å². The summed E-state index contributed by atoms with van der Waals surface area (Å²) in [5, 5.41) is 8.38. The zero-order valence-electron chi connectivity index (χ0n) is 16.6. The Hall–Kier alpha value is -1.00. The van der Waals surface area contributed by atoms with E-state index in [4.69, 9.17) is 16.9 Å². The molecule has 146 valence electrons. The maximum absolute atomic E-state index is 12.1. The second-order valence-corrected chi connectivity index (χ2v) is 11.1. The Morgan fingerprint density at radius 1 is 1.26 bits per heavy atom. The van der Waals surface area contributed by atoms with Gasteiger partial charge in [0.05, 0.1) is 0 Å². The lowest BCUT2D eigenvalue weighted by molar-refractivity contribution is -0.117. The van der Waals surface area contributed by atoms with E-state index in [9.17, 15) is 4.79 Å². The first-order chi connectivity index (χ1) is 12.8. The van der Waals surface area contributed by atoms with Crippen LogP contribution < -0.4 is 11.5 Å². The SMILES string of the molecule is CCC1(C=N)C2CC2C2C3(N)C4CC4C4=CC(=O)CCC4(N)C3CCC21C. The second kappa shape index (κ2) is 4.59. The fourth-order valence-electron chi connectivity index (χ4n) is 9.59. The van der Waals surface area contributed by atoms with E-state index < -0.39 is 0 Å². The summed E-state index contributed by atoms with van der Waals surface area (Å²) in [6.45, 7) is 4.74. The first-order valence-corrected chi connectivity index (χ1v) is 11.1. The second-order valence-electron chi connectivity index (χ2n) is 11.1. The third kappa shape index (κ3) is 1.56. The Bertz CT molecular complexity index is 805. The van der Waals surface area contributed by atoms with Gasteiger partial charge in [0, 0.05) is 29.1 Å². The van der Waals surface area contributed by atoms with Gasteiger partial charge in [-0.25, -0.2) is 0 Å². The predicted octanol–water partition coefficient (Wildman–Crippen LogP) is 3.05. The van der Waals surface area contributed by atoms with Gasteiger partial charge in [0.15, 0.2) is 5.78 Å². The quantitative estimate of drug-likeness (QED) is 0.655. The van der Waals surface area contributed by atoms with E-state index in [1.165, 1.54) is 12.0 Å². The Labute approximate surface area is 162 Å². The Balaban J connectivity index is 1.51. The zero-order chi connectivity index (χ0) is 19.0. The van der Waals surface area contributed by atoms with E-state index >= 15 is 0 Å². The summed E-state index contributed by atoms with van der Waals surface area (Å²) in [6.07, 6.45) is 10.7. The van der Waals surface area contributed by atoms with E-state index in [0.29, 0.717) is 41.9 Å². The van der Waals surface area contributed by atoms with Crippen molar-refractivity contribution in [2.75, 3.05) is 0 Å². The van der Waals surface area contributed by atoms with Crippen LogP contribution in [0, 0.1) is 51.7 Å². The minimum absolute atomic E-state index is 0.0322. The van der Waals surface area contributed by atoms with Crippen LogP contribution in [0.1, 0.15) is 58.8 Å². The molecule has 0 aromatic rings. The van der Waals surface area contributed by atoms with Crippen LogP contribution in [0.2, 0.25) is 0 Å². The maximum Gasteiger partial charge on any atom is 0.155 e. The van der Waals surface area contributed by atoms with Crippen molar-refractivity contribution in [2.45, 2.75) is 69.9 Å². The van der Waals surface area contributed by atoms with Crippen LogP contribution in [0.25, 0.3) is 0 Å². The molecular weight excluding hydrogens is 334 g/mol. The highest BCUT2D eigenvalue weighted by Gasteiger charge is 2.81. The molecule has 0 amide bonds. The van der Waals surface area contributed by atoms with Gasteiger partial charge in [-0.05, 0) is 91.1 Å². The fourth-order valence-corrected chi connectivity index (χ4v) is 9.59. The molecule has 5 N–H and O–H groups in total. The van der Waals surface area contributed by atoms with Crippen molar-refractivity contribution in [3.05, 3.63) is 11.6 Å². The van der Waals surface area contributed by atoms with Crippen LogP contribution in [-0.2, 0) is 4.79 Å². The summed E-state index contributed by atoms with van der Waals surface area (Å²) in [5.41, 5.74) is 15.5. The average Bonchev–Trinajstić information content (AvgIpc) is 3.53. The van der Waals surface area contributed by atoms with E-state index in [-0.39, 0.29) is 27.7 Å². The summed E-state index contributed by atoms with van der Waals surface area (Å²) in [6, 6.07) is 0. The third-order valence-corrected chi connectivity index (χ3v) is 10.7. The molecule has 6 aliphatic carbocycles. The number of fused-ring (bicyclic) bond motifs is 10. The van der Waals surface area contributed by atoms with Gasteiger partial charge in [0.1, 0.15) is 0 Å². The number of hydrogen-bond donors (Lipinski definition) is 3. The van der Waals surface area contributed by atoms with Crippen LogP contribution in [0.5, 0.6) is 0 Å². The molecule has 0 spiro atoms. The Morgan fingerprint density at radius 2 is 2.04 bits per heavy atom. The Morgan fingerprint density at radius 3 is 2.74 bits per heavy atom. The molecule has 0 aromatic heterocycles. The van der Waals surface area contributed by atoms with Crippen molar-refractivity contribution in [1.82, 2.24) is 0 Å². The Kier molecular flexibility index (Phi) is 2.88. The smallest absolute Gasteiger partial charge is 0.155 e. The van der Waals surface area contributed by atoms with Gasteiger partial charge in [0.2, 0.25) is 0 Å². The molecule has 5 fully saturated rings. The number of hydrogen-bond acceptors (Lipinski definition) is 4. The normalized spacial score (nSPS) is 62.4. The molecule has 6 rings (SSSR count). The van der Waals surface area contributed by atoms with Crippen molar-refractivity contribution in [3.8, 4) is 0 Å². The van der Waals surface area contributed by atoms with Crippen molar-refractivity contribution in [3.63, 3.8) is 0 Å². The summed E-state index contributed by atoms with van der Waals surface area (Å²) in [7, 11) is 0. The van der Waals surface area contributed by atoms with Gasteiger partial charge in [-0.3, -0.25) is 4.79 Å². The highest BCUT2D eigenvalue weighted by Crippen LogP contribution is 2.82. The van der Waals surface area contributed by atoms with Crippen molar-refractivity contribution in [1.29, 1.82) is 5.41 Å². The minimum Gasteiger partial charge on any atom is -0.324 e. The molecule has 0 bridgehead atoms. The van der Waals surface area contributed by atoms with Crippen molar-refractivity contribution >= 4 is 12.0 Å². The van der Waals surface area contributed by atoms with Gasteiger partial charge >= 0.3 is 0 Å². The van der Waals surface area contributed by atoms with Gasteiger partial charge in [-0.1, -0.05) is 13.8 Å². The number of nitrogens with one attached hydrogen (secondary N) is 1. The maximum atomic E-state index is 12.1. The lowest BCUT2D eigenvalue weighted by Gasteiger charge is -2.65. The zero-order valence-corrected chi connectivity index (χ0v) is 16.6. The third-order valence-electron chi connectivity index (χ3n) is 10.7. The molecule has 0 radical (unpaired) electrons. The molecule has 0 aromatic carbocycles. The highest BCUT2D eigenvalue weighted by atomic mass is 16.1. The predicted molar refractivity (Wildman–Crippen MR) is 105 cm³/mol. The van der Waals surface area contributed by atoms with Crippen molar-refractivity contribution in [2.24, 2.45) is 57.8 Å². The monoisotopic (exact) mass is 367 g/mol. The molecule has 6 aliphatic rings. The van der Waals surface area contributed by atoms with E-state index in [1.54, 1.807) is 0 Å². The summed E-state index contributed by atoms with van der Waals surface area (Å²) >= 11 is 0. The highest BCUT2D eigenvalue weighted by molar-refractivity contribution is 5.92. The topological polar surface area (TPSA) is 93.0 Å². The van der Waals surface area contributed by atoms with E-state index in [1.807, 2.05) is 12.3 Å². The number of nitrogens with two attached hydrogens (primary N) is 2. The summed E-state index contributed by atoms with van der Waals surface area (Å²) in [4.78, 5) is 12.1. The number of carbonyl (C=O) groups excluding carboxylic acids is 1. The van der Waals surface area contributed by atoms with E-state index in [0.717, 1.165) is 32.1 Å². The minimum atomic E-state index is -0.367. The molecule has 0 saturated heterocycles. The summed E-state index contributed by atoms with van der Waals surface area (Å²) in [5.74, 6) is 3.33. The first kappa shape index (κ1) is 16.9. The van der Waals surface area contributed by atoms with Crippen LogP contribution in [0.4, 0.5) is 0 Å². The fraction of sp³-hybridized carbons (Fsp3) is 0.826. The molecule has 4 heteroatoms. The van der Waals surface area contributed by atoms with Crippen LogP contribution in [0.15, 0.2) is 11.6 Å². The number of carbonyl (C=O) groups is 1. The average molecular weight is 368 g/mol. The van der Waals surface area contributed by atoms with Gasteiger partial charge in [0.25, 0.3) is 0 Å². The molecule has 10 atom stereocenters. The molecule has 5 saturated carbocycles. The van der Waals surface area contributed by atoms with Gasteiger partial charge < -0.3 is 16.9 Å². The summed E-state index contributed by atoms with van der Waals surface area (Å²) < 4.78 is 0. The van der Waals surface area contributed by atoms with Gasteiger partial charge in [-0.15, -0.1) is 0 Å². The molecular formula is C23H33N3O. The van der Waals surface area contributed by atoms with E-state index in [2.05, 4.69) is 13.8 Å². The lowest BCUT2D eigenvalue weighted by atomic mass is 9.42. The number of ketones is 1. The molecule has 0 aliphatic heterocycles. The molecule has 0 heterocycles. The lowest BCUT2D eigenvalue weighted by Crippen LogP contribution is -2.74. The molecule has 10 unspecified atom stereocenters. The molecule has 4 nitrogen and oxygen atoms in total. The standard InChI is InChI=1S/C23H33N3O/c1-3-21(11-24)15-10-14(15)19-20(21,2)6-5-18-22(25)7-4-12(27)8-16(22)13-9-17(13)23(18,19)26/h8,11,13-15,17-19,24H,3-7,9-10,25-26H2,1-2H3.